The van der Waals surface area contributed by atoms with E-state index in [4.69, 9.17) is 10.2 Å². The predicted molar refractivity (Wildman–Crippen MR) is 72.6 cm³/mol. The molecule has 0 spiro atoms. The van der Waals surface area contributed by atoms with Gasteiger partial charge in [0.2, 0.25) is 0 Å². The molecular formula is C13H13N3OS. The summed E-state index contributed by atoms with van der Waals surface area (Å²) in [7, 11) is 0. The van der Waals surface area contributed by atoms with E-state index in [9.17, 15) is 0 Å². The second-order valence-electron chi connectivity index (χ2n) is 4.08. The van der Waals surface area contributed by atoms with Gasteiger partial charge in [-0.2, -0.15) is 0 Å². The SMILES string of the molecule is Cc1nc2ccc(-c3csc(CCN)n3)cc2o1. The Balaban J connectivity index is 2.01. The van der Waals surface area contributed by atoms with Crippen molar-refractivity contribution in [2.75, 3.05) is 6.54 Å². The topological polar surface area (TPSA) is 64.9 Å². The number of hydrogen-bond acceptors (Lipinski definition) is 5. The molecule has 92 valence electrons. The highest BCUT2D eigenvalue weighted by molar-refractivity contribution is 7.09. The maximum Gasteiger partial charge on any atom is 0.192 e. The van der Waals surface area contributed by atoms with E-state index < -0.39 is 0 Å². The standard InChI is InChI=1S/C13H13N3OS/c1-8-15-10-3-2-9(6-12(10)17-8)11-7-18-13(16-11)4-5-14/h2-3,6-7H,4-5,14H2,1H3. The van der Waals surface area contributed by atoms with Crippen molar-refractivity contribution in [2.24, 2.45) is 5.73 Å². The maximum atomic E-state index is 5.53. The average Bonchev–Trinajstić information content (AvgIpc) is 2.93. The molecule has 0 radical (unpaired) electrons. The predicted octanol–water partition coefficient (Wildman–Crippen LogP) is 2.76. The number of thiazole rings is 1. The largest absolute Gasteiger partial charge is 0.441 e. The number of rotatable bonds is 3. The molecule has 0 aliphatic heterocycles. The highest BCUT2D eigenvalue weighted by atomic mass is 32.1. The molecule has 5 heteroatoms. The van der Waals surface area contributed by atoms with Crippen LogP contribution in [0.3, 0.4) is 0 Å². The van der Waals surface area contributed by atoms with Gasteiger partial charge in [0.15, 0.2) is 11.5 Å². The number of nitrogens with two attached hydrogens (primary N) is 1. The quantitative estimate of drug-likeness (QED) is 0.785. The van der Waals surface area contributed by atoms with Crippen LogP contribution < -0.4 is 5.73 Å². The Morgan fingerprint density at radius 3 is 3.06 bits per heavy atom. The Morgan fingerprint density at radius 1 is 1.33 bits per heavy atom. The Morgan fingerprint density at radius 2 is 2.22 bits per heavy atom. The molecule has 2 aromatic heterocycles. The Bertz CT molecular complexity index is 686. The Labute approximate surface area is 108 Å². The van der Waals surface area contributed by atoms with Crippen LogP contribution in [0.4, 0.5) is 0 Å². The summed E-state index contributed by atoms with van der Waals surface area (Å²) in [4.78, 5) is 8.84. The van der Waals surface area contributed by atoms with Crippen LogP contribution in [0.2, 0.25) is 0 Å². The maximum absolute atomic E-state index is 5.53. The minimum absolute atomic E-state index is 0.632. The van der Waals surface area contributed by atoms with E-state index in [2.05, 4.69) is 15.3 Å². The Hall–Kier alpha value is -1.72. The number of hydrogen-bond donors (Lipinski definition) is 1. The molecule has 18 heavy (non-hydrogen) atoms. The number of benzene rings is 1. The normalized spacial score (nSPS) is 11.2. The lowest BCUT2D eigenvalue weighted by atomic mass is 10.1. The number of fused-ring (bicyclic) bond motifs is 1. The van der Waals surface area contributed by atoms with E-state index in [-0.39, 0.29) is 0 Å². The van der Waals surface area contributed by atoms with Crippen molar-refractivity contribution in [2.45, 2.75) is 13.3 Å². The minimum atomic E-state index is 0.632. The van der Waals surface area contributed by atoms with Gasteiger partial charge in [0.05, 0.1) is 10.7 Å². The molecule has 3 rings (SSSR count). The highest BCUT2D eigenvalue weighted by Crippen LogP contribution is 2.26. The fourth-order valence-corrected chi connectivity index (χ4v) is 2.70. The average molecular weight is 259 g/mol. The molecule has 2 heterocycles. The molecular weight excluding hydrogens is 246 g/mol. The van der Waals surface area contributed by atoms with Gasteiger partial charge in [-0.3, -0.25) is 0 Å². The van der Waals surface area contributed by atoms with Crippen LogP contribution in [0.1, 0.15) is 10.9 Å². The first kappa shape index (κ1) is 11.4. The molecule has 4 nitrogen and oxygen atoms in total. The number of aromatic nitrogens is 2. The molecule has 0 bridgehead atoms. The third-order valence-corrected chi connectivity index (χ3v) is 3.61. The lowest BCUT2D eigenvalue weighted by Gasteiger charge is -1.95. The van der Waals surface area contributed by atoms with Gasteiger partial charge >= 0.3 is 0 Å². The first-order valence-corrected chi connectivity index (χ1v) is 6.66. The van der Waals surface area contributed by atoms with Gasteiger partial charge in [-0.05, 0) is 18.7 Å². The van der Waals surface area contributed by atoms with Crippen molar-refractivity contribution in [1.82, 2.24) is 9.97 Å². The third-order valence-electron chi connectivity index (χ3n) is 2.70. The molecule has 0 unspecified atom stereocenters. The molecule has 2 N–H and O–H groups in total. The van der Waals surface area contributed by atoms with Gasteiger partial charge in [-0.1, -0.05) is 6.07 Å². The monoisotopic (exact) mass is 259 g/mol. The van der Waals surface area contributed by atoms with Gasteiger partial charge in [0.25, 0.3) is 0 Å². The molecule has 0 fully saturated rings. The zero-order valence-corrected chi connectivity index (χ0v) is 10.8. The number of nitrogens with zero attached hydrogens (tertiary/aromatic N) is 2. The Kier molecular flexibility index (Phi) is 2.85. The van der Waals surface area contributed by atoms with Crippen molar-refractivity contribution < 1.29 is 4.42 Å². The summed E-state index contributed by atoms with van der Waals surface area (Å²) in [6.07, 6.45) is 0.828. The summed E-state index contributed by atoms with van der Waals surface area (Å²) in [5, 5.41) is 3.12. The van der Waals surface area contributed by atoms with E-state index in [0.717, 1.165) is 33.8 Å². The second kappa shape index (κ2) is 4.51. The molecule has 0 amide bonds. The van der Waals surface area contributed by atoms with Crippen LogP contribution in [0.15, 0.2) is 28.0 Å². The first-order valence-electron chi connectivity index (χ1n) is 5.78. The van der Waals surface area contributed by atoms with Crippen LogP contribution in [-0.4, -0.2) is 16.5 Å². The van der Waals surface area contributed by atoms with Crippen LogP contribution in [0.25, 0.3) is 22.4 Å². The molecule has 0 atom stereocenters. The van der Waals surface area contributed by atoms with Crippen molar-refractivity contribution in [3.8, 4) is 11.3 Å². The molecule has 0 saturated heterocycles. The van der Waals surface area contributed by atoms with Crippen molar-refractivity contribution in [3.63, 3.8) is 0 Å². The van der Waals surface area contributed by atoms with Crippen molar-refractivity contribution in [1.29, 1.82) is 0 Å². The fourth-order valence-electron chi connectivity index (χ4n) is 1.88. The summed E-state index contributed by atoms with van der Waals surface area (Å²) >= 11 is 1.64. The van der Waals surface area contributed by atoms with Crippen molar-refractivity contribution in [3.05, 3.63) is 34.5 Å². The van der Waals surface area contributed by atoms with Crippen LogP contribution >= 0.6 is 11.3 Å². The van der Waals surface area contributed by atoms with E-state index in [0.29, 0.717) is 12.4 Å². The zero-order valence-electron chi connectivity index (χ0n) is 10.0. The molecule has 3 aromatic rings. The minimum Gasteiger partial charge on any atom is -0.441 e. The summed E-state index contributed by atoms with van der Waals surface area (Å²) < 4.78 is 5.53. The summed E-state index contributed by atoms with van der Waals surface area (Å²) in [5.74, 6) is 0.684. The lowest BCUT2D eigenvalue weighted by Crippen LogP contribution is -2.01. The van der Waals surface area contributed by atoms with Gasteiger partial charge < -0.3 is 10.2 Å². The summed E-state index contributed by atoms with van der Waals surface area (Å²) in [6.45, 7) is 2.48. The van der Waals surface area contributed by atoms with Gasteiger partial charge in [-0.25, -0.2) is 9.97 Å². The first-order chi connectivity index (χ1) is 8.76. The van der Waals surface area contributed by atoms with Crippen molar-refractivity contribution >= 4 is 22.4 Å². The highest BCUT2D eigenvalue weighted by Gasteiger charge is 2.07. The van der Waals surface area contributed by atoms with E-state index in [1.807, 2.05) is 25.1 Å². The third kappa shape index (κ3) is 2.02. The fraction of sp³-hybridized carbons (Fsp3) is 0.231. The van der Waals surface area contributed by atoms with Gasteiger partial charge in [0, 0.05) is 24.3 Å². The molecule has 0 aliphatic rings. The van der Waals surface area contributed by atoms with Crippen LogP contribution in [0, 0.1) is 6.92 Å². The zero-order chi connectivity index (χ0) is 12.5. The van der Waals surface area contributed by atoms with E-state index in [1.165, 1.54) is 0 Å². The van der Waals surface area contributed by atoms with Gasteiger partial charge in [0.1, 0.15) is 5.52 Å². The number of oxazole rings is 1. The lowest BCUT2D eigenvalue weighted by molar-refractivity contribution is 0.561. The van der Waals surface area contributed by atoms with Crippen LogP contribution in [0.5, 0.6) is 0 Å². The second-order valence-corrected chi connectivity index (χ2v) is 5.02. The molecule has 1 aromatic carbocycles. The van der Waals surface area contributed by atoms with E-state index in [1.54, 1.807) is 11.3 Å². The van der Waals surface area contributed by atoms with Crippen LogP contribution in [-0.2, 0) is 6.42 Å². The number of aryl methyl sites for hydroxylation is 1. The summed E-state index contributed by atoms with van der Waals surface area (Å²) in [5.41, 5.74) is 9.24. The molecule has 0 aliphatic carbocycles. The smallest absolute Gasteiger partial charge is 0.192 e. The summed E-state index contributed by atoms with van der Waals surface area (Å²) in [6, 6.07) is 5.96. The molecule has 0 saturated carbocycles. The van der Waals surface area contributed by atoms with Gasteiger partial charge in [-0.15, -0.1) is 11.3 Å². The van der Waals surface area contributed by atoms with E-state index >= 15 is 0 Å².